The number of benzene rings is 1. The highest BCUT2D eigenvalue weighted by atomic mass is 16.5. The number of hydrogen-bond acceptors (Lipinski definition) is 6. The van der Waals surface area contributed by atoms with Crippen molar-refractivity contribution in [1.29, 1.82) is 0 Å². The fraction of sp³-hybridized carbons (Fsp3) is 0.273. The van der Waals surface area contributed by atoms with Crippen molar-refractivity contribution in [3.63, 3.8) is 0 Å². The lowest BCUT2D eigenvalue weighted by molar-refractivity contribution is 0.365. The number of hydrogen-bond donors (Lipinski definition) is 2. The van der Waals surface area contributed by atoms with Gasteiger partial charge in [-0.2, -0.15) is 4.98 Å². The van der Waals surface area contributed by atoms with Gasteiger partial charge in [0.1, 0.15) is 0 Å². The topological polar surface area (TPSA) is 82.6 Å². The average Bonchev–Trinajstić information content (AvgIpc) is 2.69. The van der Waals surface area contributed by atoms with Gasteiger partial charge in [-0.15, -0.1) is 0 Å². The van der Waals surface area contributed by atoms with Crippen molar-refractivity contribution in [1.82, 2.24) is 15.0 Å². The summed E-state index contributed by atoms with van der Waals surface area (Å²) in [5, 5.41) is 22.4. The van der Waals surface area contributed by atoms with Crippen molar-refractivity contribution in [2.45, 2.75) is 6.54 Å². The molecule has 2 rings (SSSR count). The molecule has 2 aromatic rings. The monoisotopic (exact) mass is 235 g/mol. The lowest BCUT2D eigenvalue weighted by Gasteiger charge is -2.03. The van der Waals surface area contributed by atoms with E-state index >= 15 is 0 Å². The number of nitrogens with zero attached hydrogens (tertiary/aromatic N) is 3. The quantitative estimate of drug-likeness (QED) is 0.778. The van der Waals surface area contributed by atoms with Crippen LogP contribution in [0.25, 0.3) is 11.5 Å². The van der Waals surface area contributed by atoms with E-state index in [0.29, 0.717) is 23.8 Å². The van der Waals surface area contributed by atoms with Gasteiger partial charge in [-0.05, 0) is 32.3 Å². The van der Waals surface area contributed by atoms with Gasteiger partial charge in [-0.25, -0.2) is 0 Å². The fourth-order valence-electron chi connectivity index (χ4n) is 1.37. The summed E-state index contributed by atoms with van der Waals surface area (Å²) in [6.07, 6.45) is 0. The number of phenols is 2. The smallest absolute Gasteiger partial charge is 0.258 e. The number of rotatable bonds is 3. The lowest BCUT2D eigenvalue weighted by atomic mass is 10.2. The molecule has 1 aromatic heterocycles. The first-order valence-corrected chi connectivity index (χ1v) is 5.06. The fourth-order valence-corrected chi connectivity index (χ4v) is 1.37. The normalized spacial score (nSPS) is 11.0. The molecule has 17 heavy (non-hydrogen) atoms. The van der Waals surface area contributed by atoms with Gasteiger partial charge in [0.25, 0.3) is 5.89 Å². The van der Waals surface area contributed by atoms with Crippen molar-refractivity contribution in [2.24, 2.45) is 0 Å². The molecule has 0 aliphatic carbocycles. The summed E-state index contributed by atoms with van der Waals surface area (Å²) in [5.41, 5.74) is 0.567. The summed E-state index contributed by atoms with van der Waals surface area (Å²) in [4.78, 5) is 6.10. The molecule has 0 radical (unpaired) electrons. The molecule has 1 heterocycles. The average molecular weight is 235 g/mol. The van der Waals surface area contributed by atoms with Crippen LogP contribution in [0.2, 0.25) is 0 Å². The third kappa shape index (κ3) is 2.54. The van der Waals surface area contributed by atoms with E-state index in [1.165, 1.54) is 12.1 Å². The van der Waals surface area contributed by atoms with Crippen molar-refractivity contribution in [3.05, 3.63) is 24.0 Å². The Kier molecular flexibility index (Phi) is 2.97. The minimum atomic E-state index is -0.213. The van der Waals surface area contributed by atoms with Gasteiger partial charge in [-0.1, -0.05) is 5.16 Å². The Hall–Kier alpha value is -2.08. The third-order valence-corrected chi connectivity index (χ3v) is 2.15. The van der Waals surface area contributed by atoms with Crippen molar-refractivity contribution in [3.8, 4) is 23.0 Å². The highest BCUT2D eigenvalue weighted by molar-refractivity contribution is 5.58. The zero-order valence-electron chi connectivity index (χ0n) is 9.58. The molecule has 0 spiro atoms. The molecule has 6 heteroatoms. The molecule has 1 aromatic carbocycles. The van der Waals surface area contributed by atoms with Crippen LogP contribution in [0.1, 0.15) is 5.82 Å². The van der Waals surface area contributed by atoms with Crippen LogP contribution in [0, 0.1) is 0 Å². The van der Waals surface area contributed by atoms with Gasteiger partial charge in [0.05, 0.1) is 6.54 Å². The Labute approximate surface area is 98.1 Å². The summed E-state index contributed by atoms with van der Waals surface area (Å²) in [6.45, 7) is 0.577. The second-order valence-electron chi connectivity index (χ2n) is 3.96. The largest absolute Gasteiger partial charge is 0.504 e. The number of phenolic OH excluding ortho intramolecular Hbond substituents is 2. The minimum Gasteiger partial charge on any atom is -0.504 e. The van der Waals surface area contributed by atoms with E-state index in [4.69, 9.17) is 4.52 Å². The van der Waals surface area contributed by atoms with Gasteiger partial charge in [0.15, 0.2) is 17.3 Å². The van der Waals surface area contributed by atoms with E-state index in [-0.39, 0.29) is 11.5 Å². The van der Waals surface area contributed by atoms with E-state index in [1.54, 1.807) is 6.07 Å². The second-order valence-corrected chi connectivity index (χ2v) is 3.96. The van der Waals surface area contributed by atoms with Crippen LogP contribution in [-0.4, -0.2) is 39.3 Å². The molecule has 0 amide bonds. The molecule has 0 saturated carbocycles. The molecule has 90 valence electrons. The molecule has 0 atom stereocenters. The van der Waals surface area contributed by atoms with Gasteiger partial charge >= 0.3 is 0 Å². The number of aromatic nitrogens is 2. The molecular weight excluding hydrogens is 222 g/mol. The lowest BCUT2D eigenvalue weighted by Crippen LogP contribution is -2.11. The van der Waals surface area contributed by atoms with Gasteiger partial charge in [0, 0.05) is 5.56 Å². The molecule has 0 aliphatic rings. The molecule has 0 fully saturated rings. The van der Waals surface area contributed by atoms with Crippen molar-refractivity contribution < 1.29 is 14.7 Å². The van der Waals surface area contributed by atoms with Gasteiger partial charge in [0.2, 0.25) is 0 Å². The molecule has 0 bridgehead atoms. The van der Waals surface area contributed by atoms with E-state index in [2.05, 4.69) is 10.1 Å². The minimum absolute atomic E-state index is 0.179. The van der Waals surface area contributed by atoms with E-state index in [0.717, 1.165) is 0 Å². The van der Waals surface area contributed by atoms with E-state index in [1.807, 2.05) is 19.0 Å². The third-order valence-electron chi connectivity index (χ3n) is 2.15. The zero-order chi connectivity index (χ0) is 12.4. The first kappa shape index (κ1) is 11.4. The molecular formula is C11H13N3O3. The van der Waals surface area contributed by atoms with Gasteiger partial charge < -0.3 is 19.6 Å². The SMILES string of the molecule is CN(C)Cc1noc(-c2ccc(O)c(O)c2)n1. The second kappa shape index (κ2) is 4.42. The summed E-state index contributed by atoms with van der Waals surface area (Å²) in [7, 11) is 3.81. The Morgan fingerprint density at radius 1 is 1.24 bits per heavy atom. The molecule has 0 aliphatic heterocycles. The maximum atomic E-state index is 9.37. The first-order chi connectivity index (χ1) is 8.06. The number of aromatic hydroxyl groups is 2. The van der Waals surface area contributed by atoms with Crippen LogP contribution in [0.4, 0.5) is 0 Å². The summed E-state index contributed by atoms with van der Waals surface area (Å²) >= 11 is 0. The first-order valence-electron chi connectivity index (χ1n) is 5.06. The summed E-state index contributed by atoms with van der Waals surface area (Å²) < 4.78 is 5.07. The van der Waals surface area contributed by atoms with Crippen molar-refractivity contribution in [2.75, 3.05) is 14.1 Å². The van der Waals surface area contributed by atoms with Crippen LogP contribution < -0.4 is 0 Å². The standard InChI is InChI=1S/C11H13N3O3/c1-14(2)6-10-12-11(17-13-10)7-3-4-8(15)9(16)5-7/h3-5,15-16H,6H2,1-2H3. The van der Waals surface area contributed by atoms with Crippen LogP contribution in [-0.2, 0) is 6.54 Å². The van der Waals surface area contributed by atoms with E-state index in [9.17, 15) is 10.2 Å². The molecule has 2 N–H and O–H groups in total. The zero-order valence-corrected chi connectivity index (χ0v) is 9.58. The van der Waals surface area contributed by atoms with Gasteiger partial charge in [-0.3, -0.25) is 0 Å². The Bertz CT molecular complexity index is 522. The van der Waals surface area contributed by atoms with E-state index < -0.39 is 0 Å². The van der Waals surface area contributed by atoms with Crippen LogP contribution in [0.5, 0.6) is 11.5 Å². The highest BCUT2D eigenvalue weighted by Crippen LogP contribution is 2.29. The Balaban J connectivity index is 2.27. The predicted molar refractivity (Wildman–Crippen MR) is 60.5 cm³/mol. The van der Waals surface area contributed by atoms with Crippen molar-refractivity contribution >= 4 is 0 Å². The molecule has 0 unspecified atom stereocenters. The van der Waals surface area contributed by atoms with Crippen LogP contribution >= 0.6 is 0 Å². The highest BCUT2D eigenvalue weighted by Gasteiger charge is 2.11. The van der Waals surface area contributed by atoms with Crippen LogP contribution in [0.15, 0.2) is 22.7 Å². The Morgan fingerprint density at radius 2 is 2.00 bits per heavy atom. The Morgan fingerprint density at radius 3 is 2.65 bits per heavy atom. The predicted octanol–water partition coefficient (Wildman–Crippen LogP) is 1.21. The van der Waals surface area contributed by atoms with Crippen LogP contribution in [0.3, 0.4) is 0 Å². The summed E-state index contributed by atoms with van der Waals surface area (Å²) in [5.74, 6) is 0.492. The molecule has 6 nitrogen and oxygen atoms in total. The summed E-state index contributed by atoms with van der Waals surface area (Å²) in [6, 6.07) is 4.35. The molecule has 0 saturated heterocycles. The maximum absolute atomic E-state index is 9.37. The maximum Gasteiger partial charge on any atom is 0.258 e.